The van der Waals surface area contributed by atoms with Gasteiger partial charge in [0.25, 0.3) is 0 Å². The smallest absolute Gasteiger partial charge is 0.163 e. The van der Waals surface area contributed by atoms with Gasteiger partial charge in [-0.25, -0.2) is 9.97 Å². The van der Waals surface area contributed by atoms with Gasteiger partial charge in [-0.1, -0.05) is 0 Å². The van der Waals surface area contributed by atoms with Gasteiger partial charge < -0.3 is 10.1 Å². The molecule has 142 valence electrons. The first kappa shape index (κ1) is 17.1. The first-order chi connectivity index (χ1) is 14.2. The Hall–Kier alpha value is -4.00. The van der Waals surface area contributed by atoms with Crippen LogP contribution in [0.1, 0.15) is 0 Å². The number of benzene rings is 2. The second kappa shape index (κ2) is 6.87. The van der Waals surface area contributed by atoms with Crippen LogP contribution in [0.5, 0.6) is 5.75 Å². The topological polar surface area (TPSA) is 77.8 Å². The molecule has 0 bridgehead atoms. The summed E-state index contributed by atoms with van der Waals surface area (Å²) in [5.74, 6) is 2.07. The summed E-state index contributed by atoms with van der Waals surface area (Å²) in [6.45, 7) is 0. The van der Waals surface area contributed by atoms with Crippen LogP contribution in [-0.2, 0) is 7.05 Å². The third-order valence-electron chi connectivity index (χ3n) is 4.70. The van der Waals surface area contributed by atoms with Crippen LogP contribution >= 0.6 is 0 Å². The van der Waals surface area contributed by atoms with E-state index in [1.807, 2.05) is 55.7 Å². The van der Waals surface area contributed by atoms with Gasteiger partial charge in [-0.15, -0.1) is 0 Å². The SMILES string of the molecule is COc1ccc2nc(-c3cccnc3)nc(Nc3ccc4nn(C)cc4c3)c2c1. The minimum Gasteiger partial charge on any atom is -0.497 e. The number of rotatable bonds is 4. The van der Waals surface area contributed by atoms with Crippen molar-refractivity contribution in [3.63, 3.8) is 0 Å². The summed E-state index contributed by atoms with van der Waals surface area (Å²) in [6.07, 6.45) is 5.48. The summed E-state index contributed by atoms with van der Waals surface area (Å²) < 4.78 is 7.20. The maximum atomic E-state index is 5.40. The number of aryl methyl sites for hydroxylation is 1. The maximum absolute atomic E-state index is 5.40. The maximum Gasteiger partial charge on any atom is 0.163 e. The molecule has 0 unspecified atom stereocenters. The van der Waals surface area contributed by atoms with Gasteiger partial charge in [0, 0.05) is 47.7 Å². The zero-order chi connectivity index (χ0) is 19.8. The highest BCUT2D eigenvalue weighted by molar-refractivity contribution is 5.94. The summed E-state index contributed by atoms with van der Waals surface area (Å²) in [6, 6.07) is 15.6. The molecule has 1 N–H and O–H groups in total. The Morgan fingerprint density at radius 2 is 1.90 bits per heavy atom. The lowest BCUT2D eigenvalue weighted by atomic mass is 10.2. The quantitative estimate of drug-likeness (QED) is 0.498. The van der Waals surface area contributed by atoms with E-state index in [-0.39, 0.29) is 0 Å². The summed E-state index contributed by atoms with van der Waals surface area (Å²) in [7, 11) is 3.56. The number of fused-ring (bicyclic) bond motifs is 2. The van der Waals surface area contributed by atoms with Crippen LogP contribution in [0, 0.1) is 0 Å². The average Bonchev–Trinajstić information content (AvgIpc) is 3.13. The van der Waals surface area contributed by atoms with Crippen LogP contribution in [0.25, 0.3) is 33.2 Å². The van der Waals surface area contributed by atoms with Gasteiger partial charge >= 0.3 is 0 Å². The van der Waals surface area contributed by atoms with E-state index in [0.717, 1.165) is 38.8 Å². The van der Waals surface area contributed by atoms with E-state index in [9.17, 15) is 0 Å². The molecule has 0 radical (unpaired) electrons. The first-order valence-electron chi connectivity index (χ1n) is 9.16. The van der Waals surface area contributed by atoms with Crippen LogP contribution in [0.4, 0.5) is 11.5 Å². The lowest BCUT2D eigenvalue weighted by molar-refractivity contribution is 0.415. The summed E-state index contributed by atoms with van der Waals surface area (Å²) in [5.41, 5.74) is 3.55. The van der Waals surface area contributed by atoms with E-state index in [1.54, 1.807) is 24.2 Å². The van der Waals surface area contributed by atoms with Crippen molar-refractivity contribution in [2.75, 3.05) is 12.4 Å². The van der Waals surface area contributed by atoms with Crippen LogP contribution in [0.15, 0.2) is 67.1 Å². The van der Waals surface area contributed by atoms with E-state index in [1.165, 1.54) is 0 Å². The van der Waals surface area contributed by atoms with Crippen molar-refractivity contribution in [3.05, 3.63) is 67.1 Å². The molecule has 0 atom stereocenters. The van der Waals surface area contributed by atoms with Crippen LogP contribution in [-0.4, -0.2) is 31.8 Å². The zero-order valence-electron chi connectivity index (χ0n) is 16.0. The van der Waals surface area contributed by atoms with E-state index in [0.29, 0.717) is 11.6 Å². The highest BCUT2D eigenvalue weighted by Gasteiger charge is 2.12. The second-order valence-corrected chi connectivity index (χ2v) is 6.72. The standard InChI is InChI=1S/C22H18N6O/c1-28-13-15-10-16(5-7-19(15)27-28)24-22-18-11-17(29-2)6-8-20(18)25-21(26-22)14-4-3-9-23-12-14/h3-13H,1-2H3,(H,24,25,26). The number of aromatic nitrogens is 5. The van der Waals surface area contributed by atoms with Crippen molar-refractivity contribution < 1.29 is 4.74 Å². The second-order valence-electron chi connectivity index (χ2n) is 6.72. The lowest BCUT2D eigenvalue weighted by Gasteiger charge is -2.12. The number of hydrogen-bond acceptors (Lipinski definition) is 6. The van der Waals surface area contributed by atoms with Crippen LogP contribution < -0.4 is 10.1 Å². The highest BCUT2D eigenvalue weighted by Crippen LogP contribution is 2.30. The molecule has 7 nitrogen and oxygen atoms in total. The van der Waals surface area contributed by atoms with Crippen molar-refractivity contribution >= 4 is 33.3 Å². The third kappa shape index (κ3) is 3.23. The highest BCUT2D eigenvalue weighted by atomic mass is 16.5. The molecule has 0 aliphatic carbocycles. The Morgan fingerprint density at radius 1 is 1.00 bits per heavy atom. The van der Waals surface area contributed by atoms with Gasteiger partial charge in [0.05, 0.1) is 18.1 Å². The van der Waals surface area contributed by atoms with Gasteiger partial charge in [-0.05, 0) is 48.5 Å². The Morgan fingerprint density at radius 3 is 2.72 bits per heavy atom. The van der Waals surface area contributed by atoms with Gasteiger partial charge in [-0.3, -0.25) is 9.67 Å². The van der Waals surface area contributed by atoms with E-state index < -0.39 is 0 Å². The number of methoxy groups -OCH3 is 1. The Balaban J connectivity index is 1.66. The lowest BCUT2D eigenvalue weighted by Crippen LogP contribution is -2.00. The van der Waals surface area contributed by atoms with E-state index in [2.05, 4.69) is 21.5 Å². The number of anilines is 2. The van der Waals surface area contributed by atoms with Crippen molar-refractivity contribution in [1.82, 2.24) is 24.7 Å². The van der Waals surface area contributed by atoms with E-state index >= 15 is 0 Å². The normalized spacial score (nSPS) is 11.1. The van der Waals surface area contributed by atoms with Gasteiger partial charge in [0.15, 0.2) is 5.82 Å². The fraction of sp³-hybridized carbons (Fsp3) is 0.0909. The molecule has 0 saturated carbocycles. The molecule has 5 rings (SSSR count). The molecule has 0 saturated heterocycles. The van der Waals surface area contributed by atoms with E-state index in [4.69, 9.17) is 14.7 Å². The molecule has 0 spiro atoms. The molecule has 5 aromatic rings. The van der Waals surface area contributed by atoms with Crippen molar-refractivity contribution in [3.8, 4) is 17.1 Å². The Bertz CT molecular complexity index is 1330. The summed E-state index contributed by atoms with van der Waals surface area (Å²) in [5, 5.41) is 9.81. The monoisotopic (exact) mass is 382 g/mol. The number of pyridine rings is 1. The molecule has 29 heavy (non-hydrogen) atoms. The van der Waals surface area contributed by atoms with Crippen LogP contribution in [0.2, 0.25) is 0 Å². The minimum atomic E-state index is 0.612. The number of hydrogen-bond donors (Lipinski definition) is 1. The van der Waals surface area contributed by atoms with Crippen molar-refractivity contribution in [2.45, 2.75) is 0 Å². The predicted molar refractivity (Wildman–Crippen MR) is 113 cm³/mol. The molecule has 0 aliphatic heterocycles. The minimum absolute atomic E-state index is 0.612. The van der Waals surface area contributed by atoms with Gasteiger partial charge in [0.1, 0.15) is 11.6 Å². The molecule has 0 fully saturated rings. The third-order valence-corrected chi connectivity index (χ3v) is 4.70. The predicted octanol–water partition coefficient (Wildman–Crippen LogP) is 4.33. The molecule has 7 heteroatoms. The Labute approximate surface area is 167 Å². The molecule has 3 heterocycles. The summed E-state index contributed by atoms with van der Waals surface area (Å²) >= 11 is 0. The molecular weight excluding hydrogens is 364 g/mol. The number of ether oxygens (including phenoxy) is 1. The first-order valence-corrected chi connectivity index (χ1v) is 9.16. The summed E-state index contributed by atoms with van der Waals surface area (Å²) in [4.78, 5) is 13.7. The number of nitrogens with zero attached hydrogens (tertiary/aromatic N) is 5. The largest absolute Gasteiger partial charge is 0.497 e. The van der Waals surface area contributed by atoms with Crippen molar-refractivity contribution in [1.29, 1.82) is 0 Å². The van der Waals surface area contributed by atoms with Gasteiger partial charge in [-0.2, -0.15) is 5.10 Å². The van der Waals surface area contributed by atoms with Crippen molar-refractivity contribution in [2.24, 2.45) is 7.05 Å². The molecule has 3 aromatic heterocycles. The Kier molecular flexibility index (Phi) is 4.05. The molecule has 2 aromatic carbocycles. The number of nitrogens with one attached hydrogen (secondary N) is 1. The average molecular weight is 382 g/mol. The van der Waals surface area contributed by atoms with Gasteiger partial charge in [0.2, 0.25) is 0 Å². The molecule has 0 amide bonds. The zero-order valence-corrected chi connectivity index (χ0v) is 16.0. The fourth-order valence-electron chi connectivity index (χ4n) is 3.32. The van der Waals surface area contributed by atoms with Crippen LogP contribution in [0.3, 0.4) is 0 Å². The molecular formula is C22H18N6O. The molecule has 0 aliphatic rings. The fourth-order valence-corrected chi connectivity index (χ4v) is 3.32.